The average molecular weight is 400 g/mol. The summed E-state index contributed by atoms with van der Waals surface area (Å²) in [5.74, 6) is 0.277. The lowest BCUT2D eigenvalue weighted by atomic mass is 10.1. The Morgan fingerprint density at radius 1 is 1.59 bits per heavy atom. The van der Waals surface area contributed by atoms with Gasteiger partial charge in [-0.15, -0.1) is 0 Å². The molecule has 0 spiro atoms. The molecule has 2 rings (SSSR count). The lowest BCUT2D eigenvalue weighted by molar-refractivity contribution is 0.102. The summed E-state index contributed by atoms with van der Waals surface area (Å²) in [5, 5.41) is 18.8. The molecule has 0 bridgehead atoms. The van der Waals surface area contributed by atoms with Crippen LogP contribution in [0.5, 0.6) is 0 Å². The van der Waals surface area contributed by atoms with Crippen molar-refractivity contribution in [1.29, 1.82) is 5.26 Å². The molecule has 0 aromatic carbocycles. The molecule has 0 unspecified atom stereocenters. The number of nitriles is 1. The van der Waals surface area contributed by atoms with E-state index in [0.29, 0.717) is 21.1 Å². The molecule has 0 atom stereocenters. The third-order valence-corrected chi connectivity index (χ3v) is 5.87. The first-order chi connectivity index (χ1) is 10.4. The number of rotatable bonds is 5. The van der Waals surface area contributed by atoms with Crippen LogP contribution in [0.25, 0.3) is 0 Å². The van der Waals surface area contributed by atoms with E-state index < -0.39 is 0 Å². The molecule has 9 heteroatoms. The maximum absolute atomic E-state index is 12.3. The van der Waals surface area contributed by atoms with E-state index in [-0.39, 0.29) is 11.8 Å². The van der Waals surface area contributed by atoms with Crippen LogP contribution in [0.15, 0.2) is 8.68 Å². The Balaban J connectivity index is 2.14. The molecule has 0 radical (unpaired) electrons. The second-order valence-electron chi connectivity index (χ2n) is 4.75. The highest BCUT2D eigenvalue weighted by Gasteiger charge is 2.20. The summed E-state index contributed by atoms with van der Waals surface area (Å²) in [5.41, 5.74) is 2.00. The van der Waals surface area contributed by atoms with E-state index in [9.17, 15) is 4.79 Å². The minimum Gasteiger partial charge on any atom is -0.296 e. The van der Waals surface area contributed by atoms with E-state index >= 15 is 0 Å². The van der Waals surface area contributed by atoms with Gasteiger partial charge in [0.25, 0.3) is 5.91 Å². The van der Waals surface area contributed by atoms with Crippen molar-refractivity contribution in [3.05, 3.63) is 21.6 Å². The fourth-order valence-electron chi connectivity index (χ4n) is 1.70. The van der Waals surface area contributed by atoms with Crippen LogP contribution >= 0.6 is 39.0 Å². The molecule has 0 aliphatic carbocycles. The topological polar surface area (TPSA) is 94.5 Å². The summed E-state index contributed by atoms with van der Waals surface area (Å²) < 4.78 is 1.60. The van der Waals surface area contributed by atoms with Crippen LogP contribution in [-0.2, 0) is 0 Å². The number of anilines is 1. The van der Waals surface area contributed by atoms with Gasteiger partial charge in [-0.25, -0.2) is 4.98 Å². The fourth-order valence-corrected chi connectivity index (χ4v) is 4.31. The third kappa shape index (κ3) is 3.69. The largest absolute Gasteiger partial charge is 0.296 e. The van der Waals surface area contributed by atoms with Crippen LogP contribution in [0.3, 0.4) is 0 Å². The number of halogens is 1. The summed E-state index contributed by atoms with van der Waals surface area (Å²) in [6, 6.07) is 2.07. The van der Waals surface area contributed by atoms with Gasteiger partial charge in [0.15, 0.2) is 10.8 Å². The van der Waals surface area contributed by atoms with E-state index in [0.717, 1.165) is 15.6 Å². The van der Waals surface area contributed by atoms with Crippen LogP contribution in [0.4, 0.5) is 5.13 Å². The first-order valence-corrected chi connectivity index (χ1v) is 9.05. The average Bonchev–Trinajstić information content (AvgIpc) is 2.99. The molecule has 2 aromatic rings. The van der Waals surface area contributed by atoms with Crippen LogP contribution in [0.2, 0.25) is 0 Å². The van der Waals surface area contributed by atoms with E-state index in [1.165, 1.54) is 23.1 Å². The molecule has 0 aliphatic rings. The zero-order chi connectivity index (χ0) is 16.3. The van der Waals surface area contributed by atoms with E-state index in [4.69, 9.17) is 5.26 Å². The van der Waals surface area contributed by atoms with Crippen molar-refractivity contribution in [2.24, 2.45) is 0 Å². The van der Waals surface area contributed by atoms with Gasteiger partial charge in [0.1, 0.15) is 0 Å². The Hall–Kier alpha value is -1.37. The number of H-pyrrole nitrogens is 1. The van der Waals surface area contributed by atoms with Gasteiger partial charge in [-0.05, 0) is 28.8 Å². The molecule has 2 N–H and O–H groups in total. The van der Waals surface area contributed by atoms with Crippen molar-refractivity contribution in [3.63, 3.8) is 0 Å². The van der Waals surface area contributed by atoms with E-state index in [1.54, 1.807) is 0 Å². The molecular formula is C13H14BrN5OS2. The summed E-state index contributed by atoms with van der Waals surface area (Å²) in [6.07, 6.45) is 0. The standard InChI is InChI=1S/C13H14BrN5OS2/c1-6(2)9-8(14)10(19-18-9)11(20)17-13-16-7(3)12(22-13)21-5-4-15/h6H,5H2,1-3H3,(H,18,19)(H,16,17,20). The maximum Gasteiger partial charge on any atom is 0.279 e. The van der Waals surface area contributed by atoms with Gasteiger partial charge in [0.05, 0.1) is 31.9 Å². The van der Waals surface area contributed by atoms with Gasteiger partial charge in [-0.1, -0.05) is 36.9 Å². The lowest BCUT2D eigenvalue weighted by Gasteiger charge is -2.01. The van der Waals surface area contributed by atoms with Crippen molar-refractivity contribution in [1.82, 2.24) is 15.2 Å². The van der Waals surface area contributed by atoms with Gasteiger partial charge >= 0.3 is 0 Å². The van der Waals surface area contributed by atoms with Gasteiger partial charge < -0.3 is 0 Å². The van der Waals surface area contributed by atoms with Crippen molar-refractivity contribution < 1.29 is 4.79 Å². The number of thioether (sulfide) groups is 1. The zero-order valence-electron chi connectivity index (χ0n) is 12.2. The van der Waals surface area contributed by atoms with Gasteiger partial charge in [0, 0.05) is 0 Å². The zero-order valence-corrected chi connectivity index (χ0v) is 15.4. The Labute approximate surface area is 144 Å². The number of amides is 1. The monoisotopic (exact) mass is 399 g/mol. The quantitative estimate of drug-likeness (QED) is 0.742. The smallest absolute Gasteiger partial charge is 0.279 e. The Kier molecular flexibility index (Phi) is 5.61. The first-order valence-electron chi connectivity index (χ1n) is 6.46. The van der Waals surface area contributed by atoms with Gasteiger partial charge in [-0.3, -0.25) is 15.2 Å². The highest BCUT2D eigenvalue weighted by molar-refractivity contribution is 9.10. The molecule has 0 saturated carbocycles. The van der Waals surface area contributed by atoms with Crippen molar-refractivity contribution >= 4 is 50.1 Å². The number of aromatic nitrogens is 3. The number of hydrogen-bond acceptors (Lipinski definition) is 6. The minimum absolute atomic E-state index is 0.236. The number of aromatic amines is 1. The minimum atomic E-state index is -0.319. The molecule has 22 heavy (non-hydrogen) atoms. The van der Waals surface area contributed by atoms with E-state index in [2.05, 4.69) is 42.5 Å². The summed E-state index contributed by atoms with van der Waals surface area (Å²) >= 11 is 6.18. The van der Waals surface area contributed by atoms with Crippen LogP contribution < -0.4 is 5.32 Å². The van der Waals surface area contributed by atoms with Crippen molar-refractivity contribution in [3.8, 4) is 6.07 Å². The summed E-state index contributed by atoms with van der Waals surface area (Å²) in [4.78, 5) is 16.6. The molecule has 2 aromatic heterocycles. The Morgan fingerprint density at radius 2 is 2.32 bits per heavy atom. The predicted molar refractivity (Wildman–Crippen MR) is 91.5 cm³/mol. The normalized spacial score (nSPS) is 10.7. The maximum atomic E-state index is 12.3. The van der Waals surface area contributed by atoms with Crippen molar-refractivity contribution in [2.75, 3.05) is 11.1 Å². The molecule has 2 heterocycles. The SMILES string of the molecule is Cc1nc(NC(=O)c2n[nH]c(C(C)C)c2Br)sc1SCC#N. The first kappa shape index (κ1) is 17.0. The molecular weight excluding hydrogens is 386 g/mol. The predicted octanol–water partition coefficient (Wildman–Crippen LogP) is 3.93. The van der Waals surface area contributed by atoms with Gasteiger partial charge in [-0.2, -0.15) is 10.4 Å². The Morgan fingerprint density at radius 3 is 2.91 bits per heavy atom. The molecule has 0 aliphatic heterocycles. The van der Waals surface area contributed by atoms with E-state index in [1.807, 2.05) is 20.8 Å². The van der Waals surface area contributed by atoms with Crippen LogP contribution in [-0.4, -0.2) is 26.8 Å². The number of nitrogens with one attached hydrogen (secondary N) is 2. The summed E-state index contributed by atoms with van der Waals surface area (Å²) in [6.45, 7) is 5.89. The Bertz CT molecular complexity index is 731. The molecule has 0 saturated heterocycles. The van der Waals surface area contributed by atoms with Crippen molar-refractivity contribution in [2.45, 2.75) is 30.9 Å². The fraction of sp³-hybridized carbons (Fsp3) is 0.385. The number of carbonyl (C=O) groups excluding carboxylic acids is 1. The molecule has 0 fully saturated rings. The molecule has 6 nitrogen and oxygen atoms in total. The number of carbonyl (C=O) groups is 1. The highest BCUT2D eigenvalue weighted by Crippen LogP contribution is 2.32. The number of hydrogen-bond donors (Lipinski definition) is 2. The highest BCUT2D eigenvalue weighted by atomic mass is 79.9. The number of thiazole rings is 1. The number of aryl methyl sites for hydroxylation is 1. The second-order valence-corrected chi connectivity index (χ2v) is 7.78. The third-order valence-electron chi connectivity index (χ3n) is 2.77. The lowest BCUT2D eigenvalue weighted by Crippen LogP contribution is -2.12. The molecule has 116 valence electrons. The molecule has 1 amide bonds. The second kappa shape index (κ2) is 7.26. The number of nitrogens with zero attached hydrogens (tertiary/aromatic N) is 3. The van der Waals surface area contributed by atoms with Crippen LogP contribution in [0, 0.1) is 18.3 Å². The van der Waals surface area contributed by atoms with Gasteiger partial charge in [0.2, 0.25) is 0 Å². The summed E-state index contributed by atoms with van der Waals surface area (Å²) in [7, 11) is 0. The van der Waals surface area contributed by atoms with Crippen LogP contribution in [0.1, 0.15) is 41.6 Å².